The minimum absolute atomic E-state index is 0.0371. The number of esters is 1. The fraction of sp³-hybridized carbons (Fsp3) is 0.912. The maximum absolute atomic E-state index is 12.5. The van der Waals surface area contributed by atoms with Gasteiger partial charge in [0.1, 0.15) is 12.6 Å². The SMILES string of the molecule is CCCCCCCCCCCCCCCC(=O)OC(CCCCCCCCCCCCC)CC(=O)NCC(=O)O. The number of nitrogens with one attached hydrogen (secondary N) is 1. The second-order valence-corrected chi connectivity index (χ2v) is 11.8. The van der Waals surface area contributed by atoms with Crippen LogP contribution in [0, 0.1) is 0 Å². The molecule has 0 radical (unpaired) electrons. The number of rotatable bonds is 31. The minimum Gasteiger partial charge on any atom is -0.480 e. The maximum atomic E-state index is 12.5. The lowest BCUT2D eigenvalue weighted by Gasteiger charge is -2.18. The van der Waals surface area contributed by atoms with Crippen LogP contribution >= 0.6 is 0 Å². The van der Waals surface area contributed by atoms with E-state index in [0.29, 0.717) is 12.8 Å². The van der Waals surface area contributed by atoms with Gasteiger partial charge in [-0.1, -0.05) is 155 Å². The Labute approximate surface area is 247 Å². The highest BCUT2D eigenvalue weighted by Gasteiger charge is 2.18. The molecule has 6 heteroatoms. The lowest BCUT2D eigenvalue weighted by molar-refractivity contribution is -0.151. The van der Waals surface area contributed by atoms with Crippen LogP contribution in [0.2, 0.25) is 0 Å². The van der Waals surface area contributed by atoms with Crippen LogP contribution in [-0.4, -0.2) is 35.6 Å². The van der Waals surface area contributed by atoms with Gasteiger partial charge in [0.05, 0.1) is 6.42 Å². The van der Waals surface area contributed by atoms with Crippen LogP contribution in [0.1, 0.15) is 187 Å². The first-order valence-electron chi connectivity index (χ1n) is 17.2. The second kappa shape index (κ2) is 30.4. The standard InChI is InChI=1S/C34H65NO5/c1-3-5-7-9-11-13-15-16-18-20-22-24-26-28-34(39)40-31(29-32(36)35-30-33(37)38)27-25-23-21-19-17-14-12-10-8-6-4-2/h31H,3-30H2,1-2H3,(H,35,36)(H,37,38). The Balaban J connectivity index is 4.02. The Hall–Kier alpha value is -1.59. The summed E-state index contributed by atoms with van der Waals surface area (Å²) >= 11 is 0. The Bertz CT molecular complexity index is 595. The molecule has 0 spiro atoms. The van der Waals surface area contributed by atoms with Crippen molar-refractivity contribution in [2.75, 3.05) is 6.54 Å². The van der Waals surface area contributed by atoms with Crippen LogP contribution < -0.4 is 5.32 Å². The maximum Gasteiger partial charge on any atom is 0.322 e. The quantitative estimate of drug-likeness (QED) is 0.0642. The first-order chi connectivity index (χ1) is 19.5. The van der Waals surface area contributed by atoms with Crippen molar-refractivity contribution in [2.24, 2.45) is 0 Å². The molecule has 0 aromatic heterocycles. The Kier molecular flexibility index (Phi) is 29.2. The van der Waals surface area contributed by atoms with E-state index in [1.807, 2.05) is 0 Å². The van der Waals surface area contributed by atoms with Gasteiger partial charge in [0, 0.05) is 6.42 Å². The Morgan fingerprint density at radius 2 is 0.950 bits per heavy atom. The van der Waals surface area contributed by atoms with Crippen molar-refractivity contribution in [3.8, 4) is 0 Å². The van der Waals surface area contributed by atoms with Gasteiger partial charge >= 0.3 is 11.9 Å². The molecule has 40 heavy (non-hydrogen) atoms. The van der Waals surface area contributed by atoms with Crippen molar-refractivity contribution in [2.45, 2.75) is 193 Å². The van der Waals surface area contributed by atoms with E-state index >= 15 is 0 Å². The van der Waals surface area contributed by atoms with E-state index in [-0.39, 0.29) is 18.3 Å². The molecule has 1 atom stereocenters. The molecule has 0 bridgehead atoms. The zero-order valence-electron chi connectivity index (χ0n) is 26.5. The molecule has 0 fully saturated rings. The average molecular weight is 568 g/mol. The van der Waals surface area contributed by atoms with Gasteiger partial charge < -0.3 is 15.2 Å². The van der Waals surface area contributed by atoms with E-state index < -0.39 is 18.6 Å². The van der Waals surface area contributed by atoms with Crippen LogP contribution in [0.15, 0.2) is 0 Å². The summed E-state index contributed by atoms with van der Waals surface area (Å²) in [5.41, 5.74) is 0. The van der Waals surface area contributed by atoms with Crippen molar-refractivity contribution in [3.63, 3.8) is 0 Å². The molecule has 0 rings (SSSR count). The average Bonchev–Trinajstić information content (AvgIpc) is 2.93. The fourth-order valence-electron chi connectivity index (χ4n) is 5.22. The van der Waals surface area contributed by atoms with E-state index in [1.54, 1.807) is 0 Å². The van der Waals surface area contributed by atoms with Gasteiger partial charge in [-0.15, -0.1) is 0 Å². The van der Waals surface area contributed by atoms with Crippen LogP contribution in [0.3, 0.4) is 0 Å². The normalized spacial score (nSPS) is 11.8. The van der Waals surface area contributed by atoms with E-state index in [9.17, 15) is 14.4 Å². The summed E-state index contributed by atoms with van der Waals surface area (Å²) in [5, 5.41) is 11.2. The number of ether oxygens (including phenoxy) is 1. The summed E-state index contributed by atoms with van der Waals surface area (Å²) in [7, 11) is 0. The van der Waals surface area contributed by atoms with Crippen molar-refractivity contribution in [1.29, 1.82) is 0 Å². The summed E-state index contributed by atoms with van der Waals surface area (Å²) < 4.78 is 5.68. The number of amides is 1. The van der Waals surface area contributed by atoms with Crippen molar-refractivity contribution >= 4 is 17.8 Å². The lowest BCUT2D eigenvalue weighted by Crippen LogP contribution is -2.33. The Morgan fingerprint density at radius 1 is 0.575 bits per heavy atom. The molecule has 6 nitrogen and oxygen atoms in total. The van der Waals surface area contributed by atoms with E-state index in [1.165, 1.54) is 122 Å². The van der Waals surface area contributed by atoms with Gasteiger partial charge in [0.2, 0.25) is 5.91 Å². The zero-order chi connectivity index (χ0) is 29.5. The number of carboxylic acid groups (broad SMARTS) is 1. The van der Waals surface area contributed by atoms with Crippen molar-refractivity contribution in [3.05, 3.63) is 0 Å². The number of unbranched alkanes of at least 4 members (excludes halogenated alkanes) is 22. The van der Waals surface area contributed by atoms with Gasteiger partial charge in [-0.05, 0) is 19.3 Å². The fourth-order valence-corrected chi connectivity index (χ4v) is 5.22. The zero-order valence-corrected chi connectivity index (χ0v) is 26.5. The van der Waals surface area contributed by atoms with Gasteiger partial charge in [0.25, 0.3) is 0 Å². The predicted octanol–water partition coefficient (Wildman–Crippen LogP) is 9.67. The minimum atomic E-state index is -1.07. The summed E-state index contributed by atoms with van der Waals surface area (Å²) in [6, 6.07) is 0. The third kappa shape index (κ3) is 29.4. The molecule has 1 unspecified atom stereocenters. The molecule has 0 aliphatic heterocycles. The number of hydrogen-bond donors (Lipinski definition) is 2. The molecular weight excluding hydrogens is 502 g/mol. The number of carboxylic acids is 1. The molecule has 0 saturated carbocycles. The summed E-state index contributed by atoms with van der Waals surface area (Å²) in [6.07, 6.45) is 30.7. The van der Waals surface area contributed by atoms with E-state index in [0.717, 1.165) is 32.1 Å². The van der Waals surface area contributed by atoms with Gasteiger partial charge in [-0.3, -0.25) is 14.4 Å². The first-order valence-corrected chi connectivity index (χ1v) is 17.2. The predicted molar refractivity (Wildman–Crippen MR) is 167 cm³/mol. The molecule has 0 aromatic rings. The molecule has 0 aromatic carbocycles. The molecule has 0 aliphatic rings. The smallest absolute Gasteiger partial charge is 0.322 e. The Morgan fingerprint density at radius 3 is 1.35 bits per heavy atom. The summed E-state index contributed by atoms with van der Waals surface area (Å²) in [4.78, 5) is 35.4. The number of aliphatic carboxylic acids is 1. The number of hydrogen-bond acceptors (Lipinski definition) is 4. The van der Waals surface area contributed by atoms with Crippen LogP contribution in [0.25, 0.3) is 0 Å². The van der Waals surface area contributed by atoms with Gasteiger partial charge in [-0.2, -0.15) is 0 Å². The highest BCUT2D eigenvalue weighted by Crippen LogP contribution is 2.17. The lowest BCUT2D eigenvalue weighted by atomic mass is 10.0. The monoisotopic (exact) mass is 567 g/mol. The summed E-state index contributed by atoms with van der Waals surface area (Å²) in [6.45, 7) is 4.10. The molecule has 236 valence electrons. The first kappa shape index (κ1) is 38.4. The molecule has 2 N–H and O–H groups in total. The molecular formula is C34H65NO5. The van der Waals surface area contributed by atoms with Gasteiger partial charge in [-0.25, -0.2) is 0 Å². The van der Waals surface area contributed by atoms with E-state index in [4.69, 9.17) is 9.84 Å². The third-order valence-electron chi connectivity index (χ3n) is 7.76. The van der Waals surface area contributed by atoms with Crippen molar-refractivity contribution < 1.29 is 24.2 Å². The van der Waals surface area contributed by atoms with Crippen molar-refractivity contribution in [1.82, 2.24) is 5.32 Å². The largest absolute Gasteiger partial charge is 0.480 e. The van der Waals surface area contributed by atoms with Crippen LogP contribution in [-0.2, 0) is 19.1 Å². The second-order valence-electron chi connectivity index (χ2n) is 11.8. The number of carbonyl (C=O) groups is 3. The topological polar surface area (TPSA) is 92.7 Å². The molecule has 1 amide bonds. The van der Waals surface area contributed by atoms with Gasteiger partial charge in [0.15, 0.2) is 0 Å². The summed E-state index contributed by atoms with van der Waals surface area (Å²) in [5.74, 6) is -1.68. The van der Waals surface area contributed by atoms with Crippen LogP contribution in [0.4, 0.5) is 0 Å². The van der Waals surface area contributed by atoms with Crippen LogP contribution in [0.5, 0.6) is 0 Å². The highest BCUT2D eigenvalue weighted by atomic mass is 16.5. The number of carbonyl (C=O) groups excluding carboxylic acids is 2. The third-order valence-corrected chi connectivity index (χ3v) is 7.76. The molecule has 0 aliphatic carbocycles. The molecule has 0 heterocycles. The highest BCUT2D eigenvalue weighted by molar-refractivity contribution is 5.81. The van der Waals surface area contributed by atoms with E-state index in [2.05, 4.69) is 19.2 Å². The molecule has 0 saturated heterocycles.